The topological polar surface area (TPSA) is 106 Å². The van der Waals surface area contributed by atoms with E-state index < -0.39 is 17.7 Å². The maximum absolute atomic E-state index is 14.2. The molecule has 2 aromatic heterocycles. The summed E-state index contributed by atoms with van der Waals surface area (Å²) in [4.78, 5) is 6.11. The number of benzene rings is 1. The molecule has 10 heteroatoms. The van der Waals surface area contributed by atoms with Crippen molar-refractivity contribution < 1.29 is 13.9 Å². The van der Waals surface area contributed by atoms with E-state index in [1.807, 2.05) is 4.90 Å². The molecule has 0 aliphatic carbocycles. The van der Waals surface area contributed by atoms with Gasteiger partial charge in [0.1, 0.15) is 11.5 Å². The molecule has 0 bridgehead atoms. The number of hydrogen-bond donors (Lipinski definition) is 2. The molecule has 0 spiro atoms. The van der Waals surface area contributed by atoms with Crippen LogP contribution in [0.25, 0.3) is 17.1 Å². The molecule has 1 fully saturated rings. The van der Waals surface area contributed by atoms with Crippen molar-refractivity contribution in [2.75, 3.05) is 23.7 Å². The molecule has 1 aliphatic heterocycles. The number of anilines is 2. The van der Waals surface area contributed by atoms with Gasteiger partial charge in [0.15, 0.2) is 17.5 Å². The van der Waals surface area contributed by atoms with E-state index >= 15 is 0 Å². The van der Waals surface area contributed by atoms with Gasteiger partial charge >= 0.3 is 0 Å². The SMILES string of the molecule is Nc1ncc(N2CC[C@@H](O)C2)cc1-c1nnnn1-c1cccc(F)c1F. The average molecular weight is 359 g/mol. The zero-order valence-electron chi connectivity index (χ0n) is 13.5. The van der Waals surface area contributed by atoms with Crippen LogP contribution in [-0.4, -0.2) is 49.5 Å². The first kappa shape index (κ1) is 16.3. The van der Waals surface area contributed by atoms with Crippen LogP contribution in [0.1, 0.15) is 6.42 Å². The van der Waals surface area contributed by atoms with Crippen molar-refractivity contribution in [3.05, 3.63) is 42.1 Å². The maximum Gasteiger partial charge on any atom is 0.191 e. The third-order valence-electron chi connectivity index (χ3n) is 4.30. The van der Waals surface area contributed by atoms with Crippen LogP contribution in [-0.2, 0) is 0 Å². The monoisotopic (exact) mass is 359 g/mol. The first-order valence-electron chi connectivity index (χ1n) is 7.96. The third-order valence-corrected chi connectivity index (χ3v) is 4.30. The predicted molar refractivity (Wildman–Crippen MR) is 89.6 cm³/mol. The van der Waals surface area contributed by atoms with E-state index in [1.165, 1.54) is 12.1 Å². The van der Waals surface area contributed by atoms with E-state index in [2.05, 4.69) is 20.5 Å². The lowest BCUT2D eigenvalue weighted by molar-refractivity contribution is 0.198. The van der Waals surface area contributed by atoms with Gasteiger partial charge in [0.2, 0.25) is 0 Å². The molecule has 0 unspecified atom stereocenters. The van der Waals surface area contributed by atoms with E-state index in [-0.39, 0.29) is 17.3 Å². The van der Waals surface area contributed by atoms with Gasteiger partial charge in [0.05, 0.1) is 23.6 Å². The summed E-state index contributed by atoms with van der Waals surface area (Å²) in [6.45, 7) is 1.16. The molecule has 1 atom stereocenters. The summed E-state index contributed by atoms with van der Waals surface area (Å²) >= 11 is 0. The summed E-state index contributed by atoms with van der Waals surface area (Å²) in [5.74, 6) is -1.77. The number of nitrogen functional groups attached to an aromatic ring is 1. The zero-order chi connectivity index (χ0) is 18.3. The smallest absolute Gasteiger partial charge is 0.191 e. The number of nitrogens with two attached hydrogens (primary N) is 1. The molecule has 3 heterocycles. The highest BCUT2D eigenvalue weighted by Crippen LogP contribution is 2.30. The number of halogens is 2. The van der Waals surface area contributed by atoms with Gasteiger partial charge in [-0.2, -0.15) is 4.68 Å². The fourth-order valence-corrected chi connectivity index (χ4v) is 2.97. The molecule has 4 rings (SSSR count). The lowest BCUT2D eigenvalue weighted by Gasteiger charge is -2.18. The summed E-state index contributed by atoms with van der Waals surface area (Å²) in [6, 6.07) is 5.46. The number of aromatic nitrogens is 5. The van der Waals surface area contributed by atoms with Gasteiger partial charge < -0.3 is 15.7 Å². The molecule has 1 aromatic carbocycles. The van der Waals surface area contributed by atoms with Crippen LogP contribution < -0.4 is 10.6 Å². The molecule has 0 radical (unpaired) electrons. The van der Waals surface area contributed by atoms with Crippen molar-refractivity contribution in [1.82, 2.24) is 25.2 Å². The number of tetrazole rings is 1. The van der Waals surface area contributed by atoms with Crippen LogP contribution in [0, 0.1) is 11.6 Å². The van der Waals surface area contributed by atoms with E-state index in [0.717, 1.165) is 16.4 Å². The molecule has 3 aromatic rings. The predicted octanol–water partition coefficient (Wildman–Crippen LogP) is 1.16. The highest BCUT2D eigenvalue weighted by Gasteiger charge is 2.23. The number of rotatable bonds is 3. The second-order valence-electron chi connectivity index (χ2n) is 6.00. The first-order valence-corrected chi connectivity index (χ1v) is 7.96. The van der Waals surface area contributed by atoms with E-state index in [1.54, 1.807) is 12.3 Å². The Morgan fingerprint density at radius 2 is 2.12 bits per heavy atom. The second-order valence-corrected chi connectivity index (χ2v) is 6.00. The Morgan fingerprint density at radius 1 is 1.27 bits per heavy atom. The number of nitrogens with zero attached hydrogens (tertiary/aromatic N) is 6. The van der Waals surface area contributed by atoms with Crippen LogP contribution >= 0.6 is 0 Å². The molecule has 0 amide bonds. The normalized spacial score (nSPS) is 17.0. The first-order chi connectivity index (χ1) is 12.5. The van der Waals surface area contributed by atoms with Gasteiger partial charge in [-0.3, -0.25) is 0 Å². The summed E-state index contributed by atoms with van der Waals surface area (Å²) < 4.78 is 28.8. The molecular formula is C16H15F2N7O. The highest BCUT2D eigenvalue weighted by molar-refractivity contribution is 5.73. The quantitative estimate of drug-likeness (QED) is 0.723. The Hall–Kier alpha value is -3.14. The van der Waals surface area contributed by atoms with Crippen LogP contribution in [0.5, 0.6) is 0 Å². The Balaban J connectivity index is 1.80. The molecular weight excluding hydrogens is 344 g/mol. The Kier molecular flexibility index (Phi) is 3.96. The minimum Gasteiger partial charge on any atom is -0.391 e. The minimum atomic E-state index is -1.06. The zero-order valence-corrected chi connectivity index (χ0v) is 13.5. The fraction of sp³-hybridized carbons (Fsp3) is 0.250. The van der Waals surface area contributed by atoms with Crippen LogP contribution in [0.15, 0.2) is 30.5 Å². The van der Waals surface area contributed by atoms with Gasteiger partial charge in [-0.1, -0.05) is 6.07 Å². The van der Waals surface area contributed by atoms with Gasteiger partial charge in [0, 0.05) is 13.1 Å². The fourth-order valence-electron chi connectivity index (χ4n) is 2.97. The Labute approximate surface area is 146 Å². The number of aliphatic hydroxyl groups excluding tert-OH is 1. The summed E-state index contributed by atoms with van der Waals surface area (Å²) in [5.41, 5.74) is 6.96. The second kappa shape index (κ2) is 6.30. The molecule has 26 heavy (non-hydrogen) atoms. The Morgan fingerprint density at radius 3 is 2.88 bits per heavy atom. The van der Waals surface area contributed by atoms with Crippen molar-refractivity contribution in [3.8, 4) is 17.1 Å². The number of pyridine rings is 1. The maximum atomic E-state index is 14.2. The van der Waals surface area contributed by atoms with E-state index in [0.29, 0.717) is 25.1 Å². The highest BCUT2D eigenvalue weighted by atomic mass is 19.2. The molecule has 134 valence electrons. The number of aliphatic hydroxyl groups is 1. The number of β-amino-alcohol motifs (C(OH)–C–C–N with tert-alkyl or cyclic N) is 1. The molecule has 3 N–H and O–H groups in total. The third kappa shape index (κ3) is 2.73. The van der Waals surface area contributed by atoms with Gasteiger partial charge in [-0.25, -0.2) is 13.8 Å². The van der Waals surface area contributed by atoms with Gasteiger partial charge in [0.25, 0.3) is 0 Å². The van der Waals surface area contributed by atoms with Crippen LogP contribution in [0.4, 0.5) is 20.3 Å². The molecule has 1 saturated heterocycles. The van der Waals surface area contributed by atoms with Crippen LogP contribution in [0.2, 0.25) is 0 Å². The average Bonchev–Trinajstić information content (AvgIpc) is 3.27. The summed E-state index contributed by atoms with van der Waals surface area (Å²) in [7, 11) is 0. The largest absolute Gasteiger partial charge is 0.391 e. The lowest BCUT2D eigenvalue weighted by Crippen LogP contribution is -2.21. The molecule has 8 nitrogen and oxygen atoms in total. The Bertz CT molecular complexity index is 962. The standard InChI is InChI=1S/C16H15F2N7O/c17-12-2-1-3-13(14(12)18)25-16(21-22-23-25)11-6-9(7-20-15(11)19)24-5-4-10(26)8-24/h1-3,6-7,10,26H,4-5,8H2,(H2,19,20)/t10-/m1/s1. The van der Waals surface area contributed by atoms with Crippen molar-refractivity contribution in [2.45, 2.75) is 12.5 Å². The summed E-state index contributed by atoms with van der Waals surface area (Å²) in [5, 5.41) is 20.9. The number of hydrogen-bond acceptors (Lipinski definition) is 7. The lowest BCUT2D eigenvalue weighted by atomic mass is 10.2. The van der Waals surface area contributed by atoms with Crippen LogP contribution in [0.3, 0.4) is 0 Å². The molecule has 0 saturated carbocycles. The van der Waals surface area contributed by atoms with Gasteiger partial charge in [-0.15, -0.1) is 5.10 Å². The van der Waals surface area contributed by atoms with Crippen molar-refractivity contribution >= 4 is 11.5 Å². The van der Waals surface area contributed by atoms with Crippen molar-refractivity contribution in [2.24, 2.45) is 0 Å². The molecule has 1 aliphatic rings. The van der Waals surface area contributed by atoms with E-state index in [4.69, 9.17) is 5.73 Å². The van der Waals surface area contributed by atoms with E-state index in [9.17, 15) is 13.9 Å². The minimum absolute atomic E-state index is 0.133. The van der Waals surface area contributed by atoms with Crippen molar-refractivity contribution in [3.63, 3.8) is 0 Å². The van der Waals surface area contributed by atoms with Crippen molar-refractivity contribution in [1.29, 1.82) is 0 Å². The van der Waals surface area contributed by atoms with Gasteiger partial charge in [-0.05, 0) is 35.0 Å². The summed E-state index contributed by atoms with van der Waals surface area (Å²) in [6.07, 6.45) is 1.85.